The summed E-state index contributed by atoms with van der Waals surface area (Å²) in [5.74, 6) is 0.238. The summed E-state index contributed by atoms with van der Waals surface area (Å²) in [7, 11) is 0. The van der Waals surface area contributed by atoms with Gasteiger partial charge in [-0.05, 0) is 26.2 Å². The summed E-state index contributed by atoms with van der Waals surface area (Å²) in [4.78, 5) is 12.4. The van der Waals surface area contributed by atoms with Crippen LogP contribution in [0.25, 0.3) is 0 Å². The summed E-state index contributed by atoms with van der Waals surface area (Å²) in [6, 6.07) is 0.324. The van der Waals surface area contributed by atoms with E-state index >= 15 is 0 Å². The lowest BCUT2D eigenvalue weighted by molar-refractivity contribution is -0.127. The summed E-state index contributed by atoms with van der Waals surface area (Å²) in [6.07, 6.45) is 4.43. The van der Waals surface area contributed by atoms with Crippen molar-refractivity contribution in [2.24, 2.45) is 5.92 Å². The molecular weight excluding hydrogens is 258 g/mol. The fourth-order valence-electron chi connectivity index (χ4n) is 2.44. The summed E-state index contributed by atoms with van der Waals surface area (Å²) in [5, 5.41) is 3.14. The van der Waals surface area contributed by atoms with E-state index in [0.29, 0.717) is 10.9 Å². The van der Waals surface area contributed by atoms with Gasteiger partial charge < -0.3 is 10.1 Å². The smallest absolute Gasteiger partial charge is 0.226 e. The second-order valence-corrected chi connectivity index (χ2v) is 5.71. The lowest BCUT2D eigenvalue weighted by Crippen LogP contribution is -2.42. The third kappa shape index (κ3) is 2.53. The molecule has 0 aromatic carbocycles. The van der Waals surface area contributed by atoms with Gasteiger partial charge in [-0.1, -0.05) is 22.4 Å². The molecule has 1 saturated carbocycles. The molecule has 4 atom stereocenters. The number of alkyl halides is 1. The first-order valence-electron chi connectivity index (χ1n) is 5.74. The second kappa shape index (κ2) is 4.83. The van der Waals surface area contributed by atoms with Gasteiger partial charge in [0.1, 0.15) is 0 Å². The van der Waals surface area contributed by atoms with Crippen molar-refractivity contribution in [2.75, 3.05) is 6.61 Å². The highest BCUT2D eigenvalue weighted by Crippen LogP contribution is 2.27. The zero-order valence-electron chi connectivity index (χ0n) is 9.04. The summed E-state index contributed by atoms with van der Waals surface area (Å²) in [6.45, 7) is 2.71. The molecule has 0 aromatic rings. The Morgan fingerprint density at radius 1 is 1.40 bits per heavy atom. The number of carbonyl (C=O) groups is 1. The van der Waals surface area contributed by atoms with Gasteiger partial charge in [-0.15, -0.1) is 0 Å². The Balaban J connectivity index is 1.86. The first kappa shape index (κ1) is 11.4. The van der Waals surface area contributed by atoms with Gasteiger partial charge >= 0.3 is 0 Å². The molecule has 1 saturated heterocycles. The molecule has 86 valence electrons. The van der Waals surface area contributed by atoms with E-state index in [1.807, 2.05) is 6.92 Å². The summed E-state index contributed by atoms with van der Waals surface area (Å²) >= 11 is 3.61. The molecule has 0 radical (unpaired) electrons. The quantitative estimate of drug-likeness (QED) is 0.782. The average molecular weight is 276 g/mol. The number of ether oxygens (including phenoxy) is 1. The minimum Gasteiger partial charge on any atom is -0.378 e. The number of carbonyl (C=O) groups excluding carboxylic acids is 1. The number of halogens is 1. The Morgan fingerprint density at radius 2 is 2.20 bits per heavy atom. The molecule has 2 rings (SSSR count). The van der Waals surface area contributed by atoms with E-state index < -0.39 is 0 Å². The number of rotatable bonds is 2. The highest BCUT2D eigenvalue weighted by Gasteiger charge is 2.34. The van der Waals surface area contributed by atoms with Gasteiger partial charge in [0, 0.05) is 17.5 Å². The van der Waals surface area contributed by atoms with Crippen LogP contribution in [-0.2, 0) is 9.53 Å². The molecule has 3 nitrogen and oxygen atoms in total. The van der Waals surface area contributed by atoms with Gasteiger partial charge in [0.2, 0.25) is 5.91 Å². The van der Waals surface area contributed by atoms with E-state index in [4.69, 9.17) is 4.74 Å². The van der Waals surface area contributed by atoms with Crippen molar-refractivity contribution in [2.45, 2.75) is 49.6 Å². The maximum absolute atomic E-state index is 11.9. The Kier molecular flexibility index (Phi) is 3.67. The summed E-state index contributed by atoms with van der Waals surface area (Å²) < 4.78 is 5.41. The lowest BCUT2D eigenvalue weighted by Gasteiger charge is -2.20. The highest BCUT2D eigenvalue weighted by molar-refractivity contribution is 9.09. The predicted octanol–water partition coefficient (Wildman–Crippen LogP) is 1.84. The van der Waals surface area contributed by atoms with Gasteiger partial charge in [0.25, 0.3) is 0 Å². The van der Waals surface area contributed by atoms with Crippen LogP contribution < -0.4 is 5.32 Å². The van der Waals surface area contributed by atoms with E-state index in [0.717, 1.165) is 19.4 Å². The van der Waals surface area contributed by atoms with E-state index in [1.165, 1.54) is 12.8 Å². The Hall–Kier alpha value is -0.0900. The molecule has 4 heteroatoms. The van der Waals surface area contributed by atoms with Crippen LogP contribution in [0, 0.1) is 5.92 Å². The van der Waals surface area contributed by atoms with Crippen molar-refractivity contribution in [1.29, 1.82) is 0 Å². The molecular formula is C11H18BrNO2. The monoisotopic (exact) mass is 275 g/mol. The molecule has 0 spiro atoms. The highest BCUT2D eigenvalue weighted by atomic mass is 79.9. The standard InChI is InChI=1S/C11H18BrNO2/c1-7-8(5-6-15-7)11(14)13-10-4-2-3-9(10)12/h7-10H,2-6H2,1H3,(H,13,14). The fraction of sp³-hybridized carbons (Fsp3) is 0.909. The van der Waals surface area contributed by atoms with Crippen molar-refractivity contribution < 1.29 is 9.53 Å². The van der Waals surface area contributed by atoms with E-state index in [-0.39, 0.29) is 17.9 Å². The molecule has 1 amide bonds. The first-order valence-corrected chi connectivity index (χ1v) is 6.66. The Labute approximate surface area is 99.1 Å². The van der Waals surface area contributed by atoms with Gasteiger partial charge in [-0.3, -0.25) is 4.79 Å². The van der Waals surface area contributed by atoms with Gasteiger partial charge in [0.15, 0.2) is 0 Å². The van der Waals surface area contributed by atoms with E-state index in [9.17, 15) is 4.79 Å². The predicted molar refractivity (Wildman–Crippen MR) is 62.0 cm³/mol. The molecule has 1 heterocycles. The molecule has 2 fully saturated rings. The molecule has 1 aliphatic carbocycles. The number of hydrogen-bond donors (Lipinski definition) is 1. The number of amides is 1. The zero-order chi connectivity index (χ0) is 10.8. The average Bonchev–Trinajstić information content (AvgIpc) is 2.76. The molecule has 0 bridgehead atoms. The molecule has 1 aliphatic heterocycles. The lowest BCUT2D eigenvalue weighted by atomic mass is 10.0. The molecule has 1 N–H and O–H groups in total. The van der Waals surface area contributed by atoms with Crippen LogP contribution in [0.1, 0.15) is 32.6 Å². The van der Waals surface area contributed by atoms with Crippen molar-refractivity contribution in [3.63, 3.8) is 0 Å². The number of nitrogens with one attached hydrogen (secondary N) is 1. The van der Waals surface area contributed by atoms with Gasteiger partial charge in [0.05, 0.1) is 12.0 Å². The molecule has 4 unspecified atom stereocenters. The normalized spacial score (nSPS) is 40.7. The second-order valence-electron chi connectivity index (χ2n) is 4.53. The third-order valence-electron chi connectivity index (χ3n) is 3.47. The molecule has 15 heavy (non-hydrogen) atoms. The van der Waals surface area contributed by atoms with Crippen molar-refractivity contribution in [3.8, 4) is 0 Å². The Morgan fingerprint density at radius 3 is 2.73 bits per heavy atom. The van der Waals surface area contributed by atoms with Crippen LogP contribution in [-0.4, -0.2) is 29.5 Å². The van der Waals surface area contributed by atoms with Crippen LogP contribution in [0.5, 0.6) is 0 Å². The minimum atomic E-state index is 0.0605. The fourth-order valence-corrected chi connectivity index (χ4v) is 3.16. The van der Waals surface area contributed by atoms with Crippen LogP contribution in [0.15, 0.2) is 0 Å². The maximum atomic E-state index is 11.9. The largest absolute Gasteiger partial charge is 0.378 e. The third-order valence-corrected chi connectivity index (χ3v) is 4.57. The minimum absolute atomic E-state index is 0.0605. The van der Waals surface area contributed by atoms with E-state index in [1.54, 1.807) is 0 Å². The van der Waals surface area contributed by atoms with Gasteiger partial charge in [-0.2, -0.15) is 0 Å². The molecule has 2 aliphatic rings. The van der Waals surface area contributed by atoms with Crippen LogP contribution in [0.2, 0.25) is 0 Å². The van der Waals surface area contributed by atoms with Gasteiger partial charge in [-0.25, -0.2) is 0 Å². The topological polar surface area (TPSA) is 38.3 Å². The Bertz CT molecular complexity index is 247. The zero-order valence-corrected chi connectivity index (χ0v) is 10.6. The van der Waals surface area contributed by atoms with Crippen LogP contribution >= 0.6 is 15.9 Å². The SMILES string of the molecule is CC1OCCC1C(=O)NC1CCCC1Br. The maximum Gasteiger partial charge on any atom is 0.226 e. The van der Waals surface area contributed by atoms with E-state index in [2.05, 4.69) is 21.2 Å². The first-order chi connectivity index (χ1) is 7.18. The van der Waals surface area contributed by atoms with Crippen LogP contribution in [0.4, 0.5) is 0 Å². The van der Waals surface area contributed by atoms with Crippen molar-refractivity contribution in [3.05, 3.63) is 0 Å². The molecule has 0 aromatic heterocycles. The number of hydrogen-bond acceptors (Lipinski definition) is 2. The van der Waals surface area contributed by atoms with Crippen LogP contribution in [0.3, 0.4) is 0 Å². The summed E-state index contributed by atoms with van der Waals surface area (Å²) in [5.41, 5.74) is 0. The van der Waals surface area contributed by atoms with Crippen molar-refractivity contribution in [1.82, 2.24) is 5.32 Å². The van der Waals surface area contributed by atoms with Crippen molar-refractivity contribution >= 4 is 21.8 Å².